The maximum Gasteiger partial charge on any atom is 0.416 e. The highest BCUT2D eigenvalue weighted by molar-refractivity contribution is 6.36. The molecule has 3 rings (SSSR count). The second kappa shape index (κ2) is 6.49. The molecule has 0 atom stereocenters. The number of nitrogens with one attached hydrogen (secondary N) is 1. The molecule has 0 amide bonds. The zero-order valence-electron chi connectivity index (χ0n) is 12.2. The lowest BCUT2D eigenvalue weighted by Gasteiger charge is -2.08. The van der Waals surface area contributed by atoms with Crippen molar-refractivity contribution in [1.29, 1.82) is 0 Å². The van der Waals surface area contributed by atoms with Crippen LogP contribution in [0.5, 0.6) is 0 Å². The lowest BCUT2D eigenvalue weighted by Crippen LogP contribution is -2.05. The fourth-order valence-electron chi connectivity index (χ4n) is 2.35. The van der Waals surface area contributed by atoms with Crippen molar-refractivity contribution in [1.82, 2.24) is 9.97 Å². The molecule has 124 valence electrons. The second-order valence-corrected chi connectivity index (χ2v) is 6.09. The van der Waals surface area contributed by atoms with Crippen molar-refractivity contribution >= 4 is 23.2 Å². The predicted octanol–water partition coefficient (Wildman–Crippen LogP) is 5.99. The number of benzene rings is 2. The van der Waals surface area contributed by atoms with Gasteiger partial charge in [0.1, 0.15) is 5.82 Å². The number of aromatic nitrogens is 2. The first-order chi connectivity index (χ1) is 11.3. The number of nitrogens with zero attached hydrogens (tertiary/aromatic N) is 1. The van der Waals surface area contributed by atoms with Gasteiger partial charge in [-0.3, -0.25) is 0 Å². The van der Waals surface area contributed by atoms with Crippen LogP contribution >= 0.6 is 23.2 Å². The molecule has 0 saturated heterocycles. The minimum absolute atomic E-state index is 0.259. The summed E-state index contributed by atoms with van der Waals surface area (Å²) in [6, 6.07) is 10.3. The summed E-state index contributed by atoms with van der Waals surface area (Å²) < 4.78 is 38.3. The van der Waals surface area contributed by atoms with Gasteiger partial charge in [0.05, 0.1) is 22.5 Å². The van der Waals surface area contributed by atoms with Crippen LogP contribution in [0.25, 0.3) is 11.3 Å². The number of halogens is 5. The Morgan fingerprint density at radius 3 is 2.54 bits per heavy atom. The van der Waals surface area contributed by atoms with Crippen LogP contribution in [0, 0.1) is 0 Å². The van der Waals surface area contributed by atoms with Crippen molar-refractivity contribution in [2.45, 2.75) is 12.6 Å². The van der Waals surface area contributed by atoms with Crippen LogP contribution in [0.1, 0.15) is 17.0 Å². The average molecular weight is 371 g/mol. The number of imidazole rings is 1. The SMILES string of the molecule is FC(F)(F)c1cccc(Cc2ncc(-c3ccc(Cl)cc3Cl)[nH]2)c1. The third kappa shape index (κ3) is 3.74. The lowest BCUT2D eigenvalue weighted by atomic mass is 10.1. The molecule has 24 heavy (non-hydrogen) atoms. The summed E-state index contributed by atoms with van der Waals surface area (Å²) in [5.74, 6) is 0.551. The molecule has 2 nitrogen and oxygen atoms in total. The molecule has 0 aliphatic carbocycles. The Kier molecular flexibility index (Phi) is 4.56. The fraction of sp³-hybridized carbons (Fsp3) is 0.118. The topological polar surface area (TPSA) is 28.7 Å². The van der Waals surface area contributed by atoms with Crippen LogP contribution in [-0.4, -0.2) is 9.97 Å². The van der Waals surface area contributed by atoms with E-state index in [0.717, 1.165) is 17.7 Å². The first-order valence-electron chi connectivity index (χ1n) is 6.98. The van der Waals surface area contributed by atoms with Crippen LogP contribution in [0.2, 0.25) is 10.0 Å². The lowest BCUT2D eigenvalue weighted by molar-refractivity contribution is -0.137. The van der Waals surface area contributed by atoms with E-state index < -0.39 is 11.7 Å². The first-order valence-corrected chi connectivity index (χ1v) is 7.74. The third-order valence-electron chi connectivity index (χ3n) is 3.48. The molecule has 1 N–H and O–H groups in total. The van der Waals surface area contributed by atoms with Gasteiger partial charge < -0.3 is 4.98 Å². The normalized spacial score (nSPS) is 11.7. The van der Waals surface area contributed by atoms with Gasteiger partial charge in [-0.05, 0) is 29.8 Å². The summed E-state index contributed by atoms with van der Waals surface area (Å²) in [5, 5.41) is 0.990. The second-order valence-electron chi connectivity index (χ2n) is 5.24. The molecule has 0 aliphatic heterocycles. The monoisotopic (exact) mass is 370 g/mol. The van der Waals surface area contributed by atoms with Gasteiger partial charge in [0.2, 0.25) is 0 Å². The van der Waals surface area contributed by atoms with Crippen molar-refractivity contribution in [2.75, 3.05) is 0 Å². The Labute approximate surface area is 146 Å². The summed E-state index contributed by atoms with van der Waals surface area (Å²) >= 11 is 12.0. The molecule has 0 bridgehead atoms. The maximum absolute atomic E-state index is 12.8. The van der Waals surface area contributed by atoms with Gasteiger partial charge in [0, 0.05) is 17.0 Å². The molecule has 3 aromatic rings. The van der Waals surface area contributed by atoms with E-state index in [-0.39, 0.29) is 6.42 Å². The zero-order valence-corrected chi connectivity index (χ0v) is 13.7. The van der Waals surface area contributed by atoms with Crippen molar-refractivity contribution in [3.63, 3.8) is 0 Å². The predicted molar refractivity (Wildman–Crippen MR) is 88.3 cm³/mol. The van der Waals surface area contributed by atoms with Crippen LogP contribution in [-0.2, 0) is 12.6 Å². The van der Waals surface area contributed by atoms with E-state index in [1.54, 1.807) is 30.5 Å². The number of rotatable bonds is 3. The van der Waals surface area contributed by atoms with E-state index in [2.05, 4.69) is 9.97 Å². The van der Waals surface area contributed by atoms with E-state index in [1.165, 1.54) is 6.07 Å². The number of hydrogen-bond acceptors (Lipinski definition) is 1. The molecule has 0 unspecified atom stereocenters. The van der Waals surface area contributed by atoms with E-state index >= 15 is 0 Å². The maximum atomic E-state index is 12.8. The summed E-state index contributed by atoms with van der Waals surface area (Å²) in [5.41, 5.74) is 1.25. The van der Waals surface area contributed by atoms with E-state index in [0.29, 0.717) is 27.1 Å². The molecule has 1 heterocycles. The Bertz CT molecular complexity index is 872. The molecule has 0 radical (unpaired) electrons. The Morgan fingerprint density at radius 2 is 1.83 bits per heavy atom. The van der Waals surface area contributed by atoms with Gasteiger partial charge in [-0.2, -0.15) is 13.2 Å². The molecular weight excluding hydrogens is 360 g/mol. The van der Waals surface area contributed by atoms with Gasteiger partial charge in [-0.1, -0.05) is 41.4 Å². The molecule has 0 saturated carbocycles. The Hall–Kier alpha value is -1.98. The van der Waals surface area contributed by atoms with Gasteiger partial charge in [0.25, 0.3) is 0 Å². The minimum atomic E-state index is -4.36. The van der Waals surface area contributed by atoms with Crippen molar-refractivity contribution in [3.05, 3.63) is 75.7 Å². The Morgan fingerprint density at radius 1 is 1.04 bits per heavy atom. The van der Waals surface area contributed by atoms with Crippen LogP contribution in [0.4, 0.5) is 13.2 Å². The molecule has 0 aliphatic rings. The smallest absolute Gasteiger partial charge is 0.342 e. The number of aromatic amines is 1. The molecule has 0 spiro atoms. The third-order valence-corrected chi connectivity index (χ3v) is 4.02. The van der Waals surface area contributed by atoms with E-state index in [1.807, 2.05) is 0 Å². The van der Waals surface area contributed by atoms with Crippen LogP contribution < -0.4 is 0 Å². The summed E-state index contributed by atoms with van der Waals surface area (Å²) in [6.07, 6.45) is -2.51. The molecule has 0 fully saturated rings. The fourth-order valence-corrected chi connectivity index (χ4v) is 2.86. The highest BCUT2D eigenvalue weighted by atomic mass is 35.5. The van der Waals surface area contributed by atoms with Crippen molar-refractivity contribution < 1.29 is 13.2 Å². The number of H-pyrrole nitrogens is 1. The van der Waals surface area contributed by atoms with Gasteiger partial charge >= 0.3 is 6.18 Å². The van der Waals surface area contributed by atoms with Gasteiger partial charge in [-0.15, -0.1) is 0 Å². The quantitative estimate of drug-likeness (QED) is 0.602. The van der Waals surface area contributed by atoms with Gasteiger partial charge in [-0.25, -0.2) is 4.98 Å². The molecule has 1 aromatic heterocycles. The number of hydrogen-bond donors (Lipinski definition) is 1. The Balaban J connectivity index is 1.84. The highest BCUT2D eigenvalue weighted by Gasteiger charge is 2.30. The van der Waals surface area contributed by atoms with Gasteiger partial charge in [0.15, 0.2) is 0 Å². The highest BCUT2D eigenvalue weighted by Crippen LogP contribution is 2.31. The number of alkyl halides is 3. The van der Waals surface area contributed by atoms with E-state index in [4.69, 9.17) is 23.2 Å². The van der Waals surface area contributed by atoms with Crippen molar-refractivity contribution in [2.24, 2.45) is 0 Å². The first kappa shape index (κ1) is 16.9. The van der Waals surface area contributed by atoms with Crippen molar-refractivity contribution in [3.8, 4) is 11.3 Å². The minimum Gasteiger partial charge on any atom is -0.342 e. The van der Waals surface area contributed by atoms with Crippen LogP contribution in [0.3, 0.4) is 0 Å². The zero-order chi connectivity index (χ0) is 17.3. The summed E-state index contributed by atoms with van der Waals surface area (Å²) in [6.45, 7) is 0. The standard InChI is InChI=1S/C17H11Cl2F3N2/c18-12-4-5-13(14(19)8-12)15-9-23-16(24-15)7-10-2-1-3-11(6-10)17(20,21)22/h1-6,8-9H,7H2,(H,23,24). The molecule has 7 heteroatoms. The largest absolute Gasteiger partial charge is 0.416 e. The average Bonchev–Trinajstić information content (AvgIpc) is 2.95. The van der Waals surface area contributed by atoms with Crippen LogP contribution in [0.15, 0.2) is 48.7 Å². The summed E-state index contributed by atoms with van der Waals surface area (Å²) in [4.78, 5) is 7.29. The summed E-state index contributed by atoms with van der Waals surface area (Å²) in [7, 11) is 0. The molecule has 2 aromatic carbocycles. The molecular formula is C17H11Cl2F3N2. The van der Waals surface area contributed by atoms with E-state index in [9.17, 15) is 13.2 Å².